The minimum Gasteiger partial charge on any atom is -0.393 e. The molecule has 0 saturated carbocycles. The third-order valence-electron chi connectivity index (χ3n) is 3.28. The maximum Gasteiger partial charge on any atom is 0.257 e. The van der Waals surface area contributed by atoms with Gasteiger partial charge in [0, 0.05) is 20.1 Å². The molecule has 0 spiro atoms. The van der Waals surface area contributed by atoms with Crippen molar-refractivity contribution in [3.05, 3.63) is 17.5 Å². The van der Waals surface area contributed by atoms with Crippen molar-refractivity contribution in [2.75, 3.05) is 13.6 Å². The summed E-state index contributed by atoms with van der Waals surface area (Å²) < 4.78 is 1.93. The number of hydrogen-bond acceptors (Lipinski definition) is 3. The van der Waals surface area contributed by atoms with Crippen molar-refractivity contribution in [1.29, 1.82) is 0 Å². The summed E-state index contributed by atoms with van der Waals surface area (Å²) in [7, 11) is 1.77. The first kappa shape index (κ1) is 16.7. The highest BCUT2D eigenvalue weighted by molar-refractivity contribution is 5.95. The molecule has 0 bridgehead atoms. The number of carbonyl (C=O) groups is 1. The molecule has 20 heavy (non-hydrogen) atoms. The zero-order valence-electron chi connectivity index (χ0n) is 13.3. The van der Waals surface area contributed by atoms with Crippen molar-refractivity contribution in [2.24, 2.45) is 5.92 Å². The Morgan fingerprint density at radius 3 is 2.60 bits per heavy atom. The molecule has 0 aliphatic rings. The van der Waals surface area contributed by atoms with E-state index in [0.29, 0.717) is 24.4 Å². The van der Waals surface area contributed by atoms with Gasteiger partial charge in [0.15, 0.2) is 0 Å². The number of hydrogen-bond donors (Lipinski definition) is 1. The molecule has 1 amide bonds. The number of amides is 1. The maximum atomic E-state index is 12.4. The quantitative estimate of drug-likeness (QED) is 0.831. The second-order valence-corrected chi connectivity index (χ2v) is 5.80. The van der Waals surface area contributed by atoms with Gasteiger partial charge in [-0.25, -0.2) is 0 Å². The minimum absolute atomic E-state index is 0.0162. The third-order valence-corrected chi connectivity index (χ3v) is 3.28. The van der Waals surface area contributed by atoms with Gasteiger partial charge in [-0.15, -0.1) is 0 Å². The molecule has 1 rings (SSSR count). The SMILES string of the molecule is CCc1c(C(=O)N(C)CCC(C)O)cnn1CC(C)C. The molecule has 1 N–H and O–H groups in total. The van der Waals surface area contributed by atoms with E-state index >= 15 is 0 Å². The van der Waals surface area contributed by atoms with E-state index in [1.54, 1.807) is 25.1 Å². The molecule has 0 aliphatic carbocycles. The Balaban J connectivity index is 2.84. The Labute approximate surface area is 121 Å². The van der Waals surface area contributed by atoms with Crippen LogP contribution in [0.1, 0.15) is 50.2 Å². The monoisotopic (exact) mass is 281 g/mol. The van der Waals surface area contributed by atoms with Gasteiger partial charge in [0.05, 0.1) is 23.6 Å². The summed E-state index contributed by atoms with van der Waals surface area (Å²) in [6.07, 6.45) is 2.66. The van der Waals surface area contributed by atoms with Gasteiger partial charge in [-0.1, -0.05) is 20.8 Å². The molecule has 114 valence electrons. The molecule has 5 nitrogen and oxygen atoms in total. The van der Waals surface area contributed by atoms with Crippen LogP contribution in [0.2, 0.25) is 0 Å². The van der Waals surface area contributed by atoms with Crippen LogP contribution in [0.15, 0.2) is 6.20 Å². The summed E-state index contributed by atoms with van der Waals surface area (Å²) in [5.41, 5.74) is 1.67. The Morgan fingerprint density at radius 1 is 1.45 bits per heavy atom. The van der Waals surface area contributed by atoms with E-state index in [2.05, 4.69) is 18.9 Å². The topological polar surface area (TPSA) is 58.4 Å². The molecule has 0 fully saturated rings. The molecule has 0 radical (unpaired) electrons. The molecular formula is C15H27N3O2. The largest absolute Gasteiger partial charge is 0.393 e. The molecule has 1 atom stereocenters. The van der Waals surface area contributed by atoms with E-state index < -0.39 is 0 Å². The Bertz CT molecular complexity index is 438. The van der Waals surface area contributed by atoms with Gasteiger partial charge in [0.1, 0.15) is 0 Å². The lowest BCUT2D eigenvalue weighted by atomic mass is 10.1. The number of aliphatic hydroxyl groups is 1. The normalized spacial score (nSPS) is 12.8. The van der Waals surface area contributed by atoms with Gasteiger partial charge < -0.3 is 10.0 Å². The second kappa shape index (κ2) is 7.43. The molecule has 1 aromatic heterocycles. The van der Waals surface area contributed by atoms with Crippen molar-refractivity contribution in [2.45, 2.75) is 53.2 Å². The second-order valence-electron chi connectivity index (χ2n) is 5.80. The van der Waals surface area contributed by atoms with Crippen LogP contribution in [0.3, 0.4) is 0 Å². The first-order valence-corrected chi connectivity index (χ1v) is 7.35. The first-order valence-electron chi connectivity index (χ1n) is 7.35. The summed E-state index contributed by atoms with van der Waals surface area (Å²) in [6, 6.07) is 0. The Morgan fingerprint density at radius 2 is 2.10 bits per heavy atom. The van der Waals surface area contributed by atoms with Crippen molar-refractivity contribution in [3.8, 4) is 0 Å². The van der Waals surface area contributed by atoms with Crippen molar-refractivity contribution < 1.29 is 9.90 Å². The fraction of sp³-hybridized carbons (Fsp3) is 0.733. The maximum absolute atomic E-state index is 12.4. The Hall–Kier alpha value is -1.36. The highest BCUT2D eigenvalue weighted by Crippen LogP contribution is 2.14. The van der Waals surface area contributed by atoms with Gasteiger partial charge in [0.2, 0.25) is 0 Å². The van der Waals surface area contributed by atoms with Gasteiger partial charge in [-0.3, -0.25) is 9.48 Å². The van der Waals surface area contributed by atoms with Crippen LogP contribution in [0.5, 0.6) is 0 Å². The smallest absolute Gasteiger partial charge is 0.257 e. The summed E-state index contributed by atoms with van der Waals surface area (Å²) in [5.74, 6) is 0.480. The number of aliphatic hydroxyl groups excluding tert-OH is 1. The summed E-state index contributed by atoms with van der Waals surface area (Å²) in [5, 5.41) is 13.6. The van der Waals surface area contributed by atoms with Gasteiger partial charge in [-0.05, 0) is 25.7 Å². The van der Waals surface area contributed by atoms with Crippen LogP contribution in [-0.4, -0.2) is 45.4 Å². The van der Waals surface area contributed by atoms with Crippen LogP contribution in [0, 0.1) is 5.92 Å². The van der Waals surface area contributed by atoms with Crippen molar-refractivity contribution in [1.82, 2.24) is 14.7 Å². The number of aromatic nitrogens is 2. The molecule has 0 aromatic carbocycles. The van der Waals surface area contributed by atoms with E-state index in [9.17, 15) is 9.90 Å². The van der Waals surface area contributed by atoms with E-state index in [1.165, 1.54) is 0 Å². The van der Waals surface area contributed by atoms with Crippen molar-refractivity contribution in [3.63, 3.8) is 0 Å². The van der Waals surface area contributed by atoms with Gasteiger partial charge in [-0.2, -0.15) is 5.10 Å². The first-order chi connectivity index (χ1) is 9.36. The van der Waals surface area contributed by atoms with Crippen LogP contribution in [0.25, 0.3) is 0 Å². The predicted octanol–water partition coefficient (Wildman–Crippen LogP) is 1.94. The van der Waals surface area contributed by atoms with Gasteiger partial charge >= 0.3 is 0 Å². The van der Waals surface area contributed by atoms with Crippen LogP contribution in [-0.2, 0) is 13.0 Å². The van der Waals surface area contributed by atoms with E-state index in [4.69, 9.17) is 0 Å². The average molecular weight is 281 g/mol. The fourth-order valence-corrected chi connectivity index (χ4v) is 2.15. The highest BCUT2D eigenvalue weighted by atomic mass is 16.3. The molecular weight excluding hydrogens is 254 g/mol. The van der Waals surface area contributed by atoms with Crippen molar-refractivity contribution >= 4 is 5.91 Å². The lowest BCUT2D eigenvalue weighted by molar-refractivity contribution is 0.0767. The minimum atomic E-state index is -0.389. The number of rotatable bonds is 7. The lowest BCUT2D eigenvalue weighted by Gasteiger charge is -2.18. The highest BCUT2D eigenvalue weighted by Gasteiger charge is 2.20. The third kappa shape index (κ3) is 4.34. The van der Waals surface area contributed by atoms with Crippen LogP contribution < -0.4 is 0 Å². The molecule has 1 unspecified atom stereocenters. The molecule has 1 aromatic rings. The zero-order valence-corrected chi connectivity index (χ0v) is 13.3. The summed E-state index contributed by atoms with van der Waals surface area (Å²) >= 11 is 0. The van der Waals surface area contributed by atoms with Crippen LogP contribution in [0.4, 0.5) is 0 Å². The zero-order chi connectivity index (χ0) is 15.3. The standard InChI is InChI=1S/C15H27N3O2/c1-6-14-13(9-16-18(14)10-11(2)3)15(20)17(5)8-7-12(4)19/h9,11-12,19H,6-8,10H2,1-5H3. The van der Waals surface area contributed by atoms with E-state index in [1.807, 2.05) is 11.6 Å². The number of carbonyl (C=O) groups excluding carboxylic acids is 1. The average Bonchev–Trinajstić information content (AvgIpc) is 2.76. The predicted molar refractivity (Wildman–Crippen MR) is 79.7 cm³/mol. The van der Waals surface area contributed by atoms with Gasteiger partial charge in [0.25, 0.3) is 5.91 Å². The molecule has 1 heterocycles. The molecule has 0 saturated heterocycles. The van der Waals surface area contributed by atoms with Crippen LogP contribution >= 0.6 is 0 Å². The summed E-state index contributed by atoms with van der Waals surface area (Å²) in [4.78, 5) is 14.1. The lowest BCUT2D eigenvalue weighted by Crippen LogP contribution is -2.30. The molecule has 0 aliphatic heterocycles. The Kier molecular flexibility index (Phi) is 6.20. The summed E-state index contributed by atoms with van der Waals surface area (Å²) in [6.45, 7) is 9.43. The van der Waals surface area contributed by atoms with E-state index in [-0.39, 0.29) is 12.0 Å². The number of nitrogens with zero attached hydrogens (tertiary/aromatic N) is 3. The van der Waals surface area contributed by atoms with E-state index in [0.717, 1.165) is 18.7 Å². The fourth-order valence-electron chi connectivity index (χ4n) is 2.15. The molecule has 5 heteroatoms.